The van der Waals surface area contributed by atoms with Crippen molar-refractivity contribution in [3.05, 3.63) is 28.2 Å². The van der Waals surface area contributed by atoms with Crippen molar-refractivity contribution >= 4 is 40.8 Å². The number of carbonyl (C=O) groups excluding carboxylic acids is 2. The first-order valence-corrected chi connectivity index (χ1v) is 12.5. The number of nitrogens with one attached hydrogen (secondary N) is 1. The average Bonchev–Trinajstić information content (AvgIpc) is 2.76. The number of aliphatic hydroxyl groups excluding tert-OH is 1. The van der Waals surface area contributed by atoms with E-state index in [4.69, 9.17) is 32.7 Å². The number of hydrogen-bond acceptors (Lipinski definition) is 6. The van der Waals surface area contributed by atoms with Gasteiger partial charge in [-0.1, -0.05) is 23.2 Å². The van der Waals surface area contributed by atoms with E-state index in [1.807, 2.05) is 4.90 Å². The van der Waals surface area contributed by atoms with Crippen LogP contribution in [0.3, 0.4) is 0 Å². The van der Waals surface area contributed by atoms with E-state index in [9.17, 15) is 14.7 Å². The van der Waals surface area contributed by atoms with E-state index in [1.165, 1.54) is 0 Å². The van der Waals surface area contributed by atoms with Crippen LogP contribution in [0.25, 0.3) is 0 Å². The lowest BCUT2D eigenvalue weighted by atomic mass is 9.94. The normalized spacial score (nSPS) is 28.6. The summed E-state index contributed by atoms with van der Waals surface area (Å²) >= 11 is 12.1. The number of likely N-dealkylation sites (N-methyl/N-ethyl adjacent to an activating group) is 1. The van der Waals surface area contributed by atoms with Crippen LogP contribution in [0.5, 0.6) is 0 Å². The topological polar surface area (TPSA) is 94.6 Å². The third kappa shape index (κ3) is 6.53. The molecule has 1 aromatic rings. The van der Waals surface area contributed by atoms with Crippen molar-refractivity contribution in [2.75, 3.05) is 58.3 Å². The first-order chi connectivity index (χ1) is 16.3. The number of rotatable bonds is 3. The Hall–Kier alpha value is -1.62. The van der Waals surface area contributed by atoms with Gasteiger partial charge in [-0.15, -0.1) is 0 Å². The lowest BCUT2D eigenvalue weighted by Crippen LogP contribution is -2.58. The summed E-state index contributed by atoms with van der Waals surface area (Å²) in [5.41, 5.74) is 0.472. The fourth-order valence-corrected chi connectivity index (χ4v) is 5.30. The zero-order valence-electron chi connectivity index (χ0n) is 19.3. The maximum atomic E-state index is 13.2. The minimum atomic E-state index is -0.814. The molecule has 0 spiro atoms. The quantitative estimate of drug-likeness (QED) is 0.642. The standard InChI is InChI=1S/C23H32Cl2N4O5/c1-27-4-6-28(7-5-27)22(31)11-19-2-3-20-21(34-19)14-33-13-18(30)12-29(20)23(32)26-17-9-15(24)8-16(25)10-17/h8-10,18-21,30H,2-7,11-14H2,1H3,(H,26,32)/t18-,19-,20-,21+/m1/s1. The van der Waals surface area contributed by atoms with Crippen molar-refractivity contribution in [1.29, 1.82) is 0 Å². The fourth-order valence-electron chi connectivity index (χ4n) is 4.78. The van der Waals surface area contributed by atoms with Gasteiger partial charge < -0.3 is 34.6 Å². The average molecular weight is 515 g/mol. The smallest absolute Gasteiger partial charge is 0.322 e. The van der Waals surface area contributed by atoms with Crippen LogP contribution in [0.15, 0.2) is 18.2 Å². The van der Waals surface area contributed by atoms with Gasteiger partial charge >= 0.3 is 6.03 Å². The molecule has 0 radical (unpaired) electrons. The lowest BCUT2D eigenvalue weighted by molar-refractivity contribution is -0.155. The molecule has 0 aromatic heterocycles. The second kappa shape index (κ2) is 11.4. The molecule has 3 amide bonds. The van der Waals surface area contributed by atoms with E-state index in [2.05, 4.69) is 17.3 Å². The Morgan fingerprint density at radius 1 is 1.09 bits per heavy atom. The van der Waals surface area contributed by atoms with Gasteiger partial charge in [-0.2, -0.15) is 0 Å². The van der Waals surface area contributed by atoms with E-state index in [0.29, 0.717) is 35.0 Å². The summed E-state index contributed by atoms with van der Waals surface area (Å²) in [4.78, 5) is 31.7. The number of halogens is 2. The summed E-state index contributed by atoms with van der Waals surface area (Å²) in [7, 11) is 2.06. The molecule has 4 rings (SSSR count). The van der Waals surface area contributed by atoms with Gasteiger partial charge in [-0.25, -0.2) is 4.79 Å². The Morgan fingerprint density at radius 2 is 1.79 bits per heavy atom. The van der Waals surface area contributed by atoms with Gasteiger partial charge in [0.15, 0.2) is 0 Å². The van der Waals surface area contributed by atoms with Gasteiger partial charge in [0, 0.05) is 41.9 Å². The number of amides is 3. The molecule has 9 nitrogen and oxygen atoms in total. The molecule has 0 bridgehead atoms. The molecule has 0 unspecified atom stereocenters. The summed E-state index contributed by atoms with van der Waals surface area (Å²) in [6.07, 6.45) is 0.182. The Bertz CT molecular complexity index is 863. The Balaban J connectivity index is 1.41. The monoisotopic (exact) mass is 514 g/mol. The predicted molar refractivity (Wildman–Crippen MR) is 129 cm³/mol. The lowest BCUT2D eigenvalue weighted by Gasteiger charge is -2.44. The molecule has 0 saturated carbocycles. The number of β-amino-alcohol motifs (C(OH)–C–C–N with tert-alkyl or cyclic N) is 1. The molecule has 3 fully saturated rings. The van der Waals surface area contributed by atoms with Crippen molar-refractivity contribution in [3.63, 3.8) is 0 Å². The molecule has 188 valence electrons. The predicted octanol–water partition coefficient (Wildman–Crippen LogP) is 2.30. The van der Waals surface area contributed by atoms with Crippen molar-refractivity contribution in [2.45, 2.75) is 43.6 Å². The Morgan fingerprint density at radius 3 is 2.50 bits per heavy atom. The molecule has 0 aliphatic carbocycles. The highest BCUT2D eigenvalue weighted by molar-refractivity contribution is 6.35. The molecule has 2 N–H and O–H groups in total. The third-order valence-corrected chi connectivity index (χ3v) is 7.05. The number of benzene rings is 1. The number of urea groups is 1. The maximum absolute atomic E-state index is 13.2. The molecule has 4 atom stereocenters. The van der Waals surface area contributed by atoms with Gasteiger partial charge in [-0.05, 0) is 38.1 Å². The summed E-state index contributed by atoms with van der Waals surface area (Å²) in [5, 5.41) is 14.0. The molecule has 3 saturated heterocycles. The Kier molecular flexibility index (Phi) is 8.55. The van der Waals surface area contributed by atoms with Crippen LogP contribution in [0.4, 0.5) is 10.5 Å². The van der Waals surface area contributed by atoms with Crippen molar-refractivity contribution in [3.8, 4) is 0 Å². The molecular formula is C23H32Cl2N4O5. The number of nitrogens with zero attached hydrogens (tertiary/aromatic N) is 3. The number of piperazine rings is 1. The number of ether oxygens (including phenoxy) is 2. The molecule has 3 heterocycles. The number of fused-ring (bicyclic) bond motifs is 1. The van der Waals surface area contributed by atoms with E-state index in [-0.39, 0.29) is 49.9 Å². The first-order valence-electron chi connectivity index (χ1n) is 11.7. The summed E-state index contributed by atoms with van der Waals surface area (Å²) < 4.78 is 11.9. The van der Waals surface area contributed by atoms with E-state index < -0.39 is 6.10 Å². The second-order valence-electron chi connectivity index (χ2n) is 9.26. The molecule has 11 heteroatoms. The molecular weight excluding hydrogens is 483 g/mol. The van der Waals surface area contributed by atoms with Gasteiger partial charge in [0.1, 0.15) is 6.10 Å². The van der Waals surface area contributed by atoms with Crippen molar-refractivity contribution in [2.24, 2.45) is 0 Å². The summed E-state index contributed by atoms with van der Waals surface area (Å²) in [6, 6.07) is 4.15. The van der Waals surface area contributed by atoms with E-state index in [0.717, 1.165) is 26.2 Å². The first kappa shape index (κ1) is 25.5. The zero-order valence-corrected chi connectivity index (χ0v) is 20.8. The molecule has 3 aliphatic heterocycles. The van der Waals surface area contributed by atoms with Crippen LogP contribution < -0.4 is 5.32 Å². The summed E-state index contributed by atoms with van der Waals surface area (Å²) in [5.74, 6) is 0.103. The maximum Gasteiger partial charge on any atom is 0.322 e. The van der Waals surface area contributed by atoms with E-state index >= 15 is 0 Å². The number of hydrogen-bond donors (Lipinski definition) is 2. The van der Waals surface area contributed by atoms with Crippen LogP contribution >= 0.6 is 23.2 Å². The third-order valence-electron chi connectivity index (χ3n) is 6.61. The fraction of sp³-hybridized carbons (Fsp3) is 0.652. The Labute approximate surface area is 209 Å². The highest BCUT2D eigenvalue weighted by Gasteiger charge is 2.40. The minimum absolute atomic E-state index is 0.101. The summed E-state index contributed by atoms with van der Waals surface area (Å²) in [6.45, 7) is 3.67. The van der Waals surface area contributed by atoms with Crippen LogP contribution in [0.2, 0.25) is 10.0 Å². The minimum Gasteiger partial charge on any atom is -0.389 e. The number of anilines is 1. The zero-order chi connectivity index (χ0) is 24.2. The van der Waals surface area contributed by atoms with Crippen molar-refractivity contribution in [1.82, 2.24) is 14.7 Å². The largest absolute Gasteiger partial charge is 0.389 e. The van der Waals surface area contributed by atoms with Gasteiger partial charge in [0.25, 0.3) is 0 Å². The van der Waals surface area contributed by atoms with Crippen LogP contribution in [-0.4, -0.2) is 109 Å². The van der Waals surface area contributed by atoms with Gasteiger partial charge in [-0.3, -0.25) is 4.79 Å². The van der Waals surface area contributed by atoms with E-state index in [1.54, 1.807) is 23.1 Å². The SMILES string of the molecule is CN1CCN(C(=O)C[C@H]2CC[C@@H]3[C@H](COC[C@H](O)CN3C(=O)Nc3cc(Cl)cc(Cl)c3)O2)CC1. The highest BCUT2D eigenvalue weighted by Crippen LogP contribution is 2.29. The second-order valence-corrected chi connectivity index (χ2v) is 10.1. The number of carbonyl (C=O) groups is 2. The van der Waals surface area contributed by atoms with Crippen LogP contribution in [0, 0.1) is 0 Å². The van der Waals surface area contributed by atoms with Crippen LogP contribution in [-0.2, 0) is 14.3 Å². The van der Waals surface area contributed by atoms with Crippen molar-refractivity contribution < 1.29 is 24.2 Å². The van der Waals surface area contributed by atoms with Gasteiger partial charge in [0.2, 0.25) is 5.91 Å². The molecule has 3 aliphatic rings. The molecule has 34 heavy (non-hydrogen) atoms. The van der Waals surface area contributed by atoms with Gasteiger partial charge in [0.05, 0.1) is 44.4 Å². The molecule has 1 aromatic carbocycles. The van der Waals surface area contributed by atoms with Crippen LogP contribution in [0.1, 0.15) is 19.3 Å². The highest BCUT2D eigenvalue weighted by atomic mass is 35.5. The number of aliphatic hydroxyl groups is 1.